The Kier molecular flexibility index (Phi) is 3.98. The van der Waals surface area contributed by atoms with Crippen molar-refractivity contribution in [2.24, 2.45) is 0 Å². The van der Waals surface area contributed by atoms with Gasteiger partial charge in [-0.15, -0.1) is 0 Å². The normalized spacial score (nSPS) is 27.8. The van der Waals surface area contributed by atoms with Gasteiger partial charge in [0.25, 0.3) is 0 Å². The van der Waals surface area contributed by atoms with Gasteiger partial charge in [-0.3, -0.25) is 14.8 Å². The van der Waals surface area contributed by atoms with E-state index in [0.29, 0.717) is 25.6 Å². The smallest absolute Gasteiger partial charge is 0.323 e. The Balaban J connectivity index is 1.66. The number of carbonyl (C=O) groups excluding carboxylic acids is 1. The van der Waals surface area contributed by atoms with Crippen molar-refractivity contribution in [1.29, 1.82) is 0 Å². The van der Waals surface area contributed by atoms with Gasteiger partial charge < -0.3 is 9.47 Å². The summed E-state index contributed by atoms with van der Waals surface area (Å²) in [7, 11) is 0. The Morgan fingerprint density at radius 1 is 1.45 bits per heavy atom. The van der Waals surface area contributed by atoms with Crippen molar-refractivity contribution in [3.63, 3.8) is 0 Å². The van der Waals surface area contributed by atoms with Crippen LogP contribution in [0, 0.1) is 0 Å². The first-order valence-electron chi connectivity index (χ1n) is 7.21. The Morgan fingerprint density at radius 2 is 2.35 bits per heavy atom. The molecule has 1 aromatic heterocycles. The summed E-state index contributed by atoms with van der Waals surface area (Å²) in [5.74, 6) is 1.46. The Hall–Kier alpha value is -1.47. The van der Waals surface area contributed by atoms with Crippen LogP contribution in [0.15, 0.2) is 0 Å². The number of carbonyl (C=O) groups is 1. The Bertz CT molecular complexity index is 476. The number of morpholine rings is 1. The standard InChI is InChI=1S/C13H20N4O3/c1-2-3-11-14-12(16-15-11)10-8-17(5-7-19-10)9-4-6-20-13(9)18/h9-10H,2-8H2,1H3,(H,14,15,16)/t9-,10+/m0/s1. The highest BCUT2D eigenvalue weighted by atomic mass is 16.5. The second kappa shape index (κ2) is 5.88. The molecular weight excluding hydrogens is 260 g/mol. The third-order valence-electron chi connectivity index (χ3n) is 3.77. The maximum atomic E-state index is 11.7. The van der Waals surface area contributed by atoms with E-state index in [1.807, 2.05) is 0 Å². The fourth-order valence-electron chi connectivity index (χ4n) is 2.73. The lowest BCUT2D eigenvalue weighted by Gasteiger charge is -2.33. The van der Waals surface area contributed by atoms with Crippen molar-refractivity contribution in [3.8, 4) is 0 Å². The predicted molar refractivity (Wildman–Crippen MR) is 70.0 cm³/mol. The van der Waals surface area contributed by atoms with Crippen molar-refractivity contribution in [1.82, 2.24) is 20.1 Å². The van der Waals surface area contributed by atoms with E-state index in [0.717, 1.165) is 31.6 Å². The zero-order valence-corrected chi connectivity index (χ0v) is 11.7. The summed E-state index contributed by atoms with van der Waals surface area (Å²) in [6.45, 7) is 4.61. The Labute approximate surface area is 117 Å². The first kappa shape index (κ1) is 13.5. The van der Waals surface area contributed by atoms with E-state index in [9.17, 15) is 4.79 Å². The van der Waals surface area contributed by atoms with E-state index in [1.54, 1.807) is 0 Å². The van der Waals surface area contributed by atoms with E-state index in [2.05, 4.69) is 27.0 Å². The van der Waals surface area contributed by atoms with Gasteiger partial charge >= 0.3 is 5.97 Å². The number of esters is 1. The molecule has 1 aromatic rings. The average molecular weight is 280 g/mol. The number of aryl methyl sites for hydroxylation is 1. The van der Waals surface area contributed by atoms with Gasteiger partial charge in [0.1, 0.15) is 18.0 Å². The fourth-order valence-corrected chi connectivity index (χ4v) is 2.73. The second-order valence-corrected chi connectivity index (χ2v) is 5.22. The van der Waals surface area contributed by atoms with Crippen LogP contribution in [0.5, 0.6) is 0 Å². The zero-order valence-electron chi connectivity index (χ0n) is 11.7. The molecule has 0 spiro atoms. The highest BCUT2D eigenvalue weighted by Crippen LogP contribution is 2.24. The molecule has 1 N–H and O–H groups in total. The molecule has 2 fully saturated rings. The summed E-state index contributed by atoms with van der Waals surface area (Å²) in [5, 5.41) is 7.18. The van der Waals surface area contributed by atoms with E-state index in [1.165, 1.54) is 0 Å². The third-order valence-corrected chi connectivity index (χ3v) is 3.77. The summed E-state index contributed by atoms with van der Waals surface area (Å²) in [6.07, 6.45) is 2.51. The number of ether oxygens (including phenoxy) is 2. The van der Waals surface area contributed by atoms with Crippen molar-refractivity contribution in [3.05, 3.63) is 11.6 Å². The third kappa shape index (κ3) is 2.69. The molecule has 3 rings (SSSR count). The largest absolute Gasteiger partial charge is 0.464 e. The number of rotatable bonds is 4. The molecule has 2 aliphatic rings. The molecule has 0 amide bonds. The van der Waals surface area contributed by atoms with Gasteiger partial charge in [-0.25, -0.2) is 4.98 Å². The summed E-state index contributed by atoms with van der Waals surface area (Å²) >= 11 is 0. The average Bonchev–Trinajstić information content (AvgIpc) is 3.08. The lowest BCUT2D eigenvalue weighted by atomic mass is 10.1. The van der Waals surface area contributed by atoms with Crippen LogP contribution >= 0.6 is 0 Å². The number of hydrogen-bond donors (Lipinski definition) is 1. The van der Waals surface area contributed by atoms with E-state index in [-0.39, 0.29) is 18.1 Å². The van der Waals surface area contributed by atoms with Gasteiger partial charge in [-0.05, 0) is 6.42 Å². The maximum absolute atomic E-state index is 11.7. The molecule has 0 aromatic carbocycles. The first-order chi connectivity index (χ1) is 9.78. The van der Waals surface area contributed by atoms with Crippen LogP contribution in [0.2, 0.25) is 0 Å². The molecule has 7 nitrogen and oxygen atoms in total. The molecule has 7 heteroatoms. The monoisotopic (exact) mass is 280 g/mol. The van der Waals surface area contributed by atoms with Gasteiger partial charge in [-0.2, -0.15) is 5.10 Å². The number of aromatic amines is 1. The lowest BCUT2D eigenvalue weighted by Crippen LogP contribution is -2.46. The summed E-state index contributed by atoms with van der Waals surface area (Å²) in [6, 6.07) is -0.129. The van der Waals surface area contributed by atoms with Crippen molar-refractivity contribution in [2.45, 2.75) is 38.3 Å². The highest BCUT2D eigenvalue weighted by Gasteiger charge is 2.36. The SMILES string of the molecule is CCCc1nc([C@H]2CN([C@H]3CCOC3=O)CCO2)n[nH]1. The van der Waals surface area contributed by atoms with Gasteiger partial charge in [0.2, 0.25) is 0 Å². The van der Waals surface area contributed by atoms with Crippen LogP contribution < -0.4 is 0 Å². The molecule has 0 saturated carbocycles. The fraction of sp³-hybridized carbons (Fsp3) is 0.769. The summed E-state index contributed by atoms with van der Waals surface area (Å²) in [5.41, 5.74) is 0. The zero-order chi connectivity index (χ0) is 13.9. The molecule has 110 valence electrons. The van der Waals surface area contributed by atoms with Crippen LogP contribution in [0.3, 0.4) is 0 Å². The number of nitrogens with one attached hydrogen (secondary N) is 1. The van der Waals surface area contributed by atoms with Crippen molar-refractivity contribution in [2.75, 3.05) is 26.3 Å². The molecule has 0 bridgehead atoms. The maximum Gasteiger partial charge on any atom is 0.323 e. The predicted octanol–water partition coefficient (Wildman–Crippen LogP) is 0.446. The van der Waals surface area contributed by atoms with Gasteiger partial charge in [-0.1, -0.05) is 6.92 Å². The molecule has 0 unspecified atom stereocenters. The van der Waals surface area contributed by atoms with Crippen LogP contribution in [-0.4, -0.2) is 58.4 Å². The number of H-pyrrole nitrogens is 1. The molecule has 2 atom stereocenters. The second-order valence-electron chi connectivity index (χ2n) is 5.22. The van der Waals surface area contributed by atoms with E-state index < -0.39 is 0 Å². The van der Waals surface area contributed by atoms with Crippen LogP contribution in [0.4, 0.5) is 0 Å². The highest BCUT2D eigenvalue weighted by molar-refractivity contribution is 5.77. The number of nitrogens with zero attached hydrogens (tertiary/aromatic N) is 3. The summed E-state index contributed by atoms with van der Waals surface area (Å²) in [4.78, 5) is 18.3. The molecule has 20 heavy (non-hydrogen) atoms. The molecule has 0 aliphatic carbocycles. The summed E-state index contributed by atoms with van der Waals surface area (Å²) < 4.78 is 10.8. The minimum absolute atomic E-state index is 0.118. The van der Waals surface area contributed by atoms with Crippen molar-refractivity contribution >= 4 is 5.97 Å². The number of cyclic esters (lactones) is 1. The Morgan fingerprint density at radius 3 is 3.10 bits per heavy atom. The number of hydrogen-bond acceptors (Lipinski definition) is 6. The molecular formula is C13H20N4O3. The topological polar surface area (TPSA) is 80.3 Å². The number of aromatic nitrogens is 3. The minimum atomic E-state index is -0.168. The molecule has 0 radical (unpaired) electrons. The van der Waals surface area contributed by atoms with Gasteiger partial charge in [0, 0.05) is 25.9 Å². The van der Waals surface area contributed by atoms with E-state index in [4.69, 9.17) is 9.47 Å². The van der Waals surface area contributed by atoms with Crippen LogP contribution in [0.25, 0.3) is 0 Å². The lowest BCUT2D eigenvalue weighted by molar-refractivity contribution is -0.144. The minimum Gasteiger partial charge on any atom is -0.464 e. The molecule has 2 saturated heterocycles. The van der Waals surface area contributed by atoms with Crippen molar-refractivity contribution < 1.29 is 14.3 Å². The molecule has 3 heterocycles. The van der Waals surface area contributed by atoms with Gasteiger partial charge in [0.15, 0.2) is 5.82 Å². The molecule has 2 aliphatic heterocycles. The van der Waals surface area contributed by atoms with E-state index >= 15 is 0 Å². The quantitative estimate of drug-likeness (QED) is 0.806. The van der Waals surface area contributed by atoms with Crippen LogP contribution in [0.1, 0.15) is 37.5 Å². The van der Waals surface area contributed by atoms with Gasteiger partial charge in [0.05, 0.1) is 13.2 Å². The van der Waals surface area contributed by atoms with Crippen LogP contribution in [-0.2, 0) is 20.7 Å². The first-order valence-corrected chi connectivity index (χ1v) is 7.21.